The lowest BCUT2D eigenvalue weighted by Crippen LogP contribution is -3.14. The lowest BCUT2D eigenvalue weighted by Gasteiger charge is -2.23. The Labute approximate surface area is 136 Å². The Morgan fingerprint density at radius 2 is 2.05 bits per heavy atom. The number of ether oxygens (including phenoxy) is 1. The molecule has 0 atom stereocenters. The van der Waals surface area contributed by atoms with Gasteiger partial charge >= 0.3 is 0 Å². The van der Waals surface area contributed by atoms with Crippen molar-refractivity contribution in [1.82, 2.24) is 0 Å². The van der Waals surface area contributed by atoms with E-state index in [0.29, 0.717) is 4.47 Å². The number of phenols is 1. The maximum absolute atomic E-state index is 9.91. The van der Waals surface area contributed by atoms with Crippen LogP contribution in [-0.2, 0) is 4.74 Å². The molecule has 0 spiro atoms. The van der Waals surface area contributed by atoms with E-state index in [9.17, 15) is 5.11 Å². The normalized spacial score (nSPS) is 16.9. The summed E-state index contributed by atoms with van der Waals surface area (Å²) in [5, 5.41) is 9.91. The van der Waals surface area contributed by atoms with E-state index in [1.807, 2.05) is 12.1 Å². The molecule has 1 fully saturated rings. The summed E-state index contributed by atoms with van der Waals surface area (Å²) in [5.41, 5.74) is 0.727. The van der Waals surface area contributed by atoms with Gasteiger partial charge in [-0.15, -0.1) is 0 Å². The molecule has 0 unspecified atom stereocenters. The summed E-state index contributed by atoms with van der Waals surface area (Å²) in [7, 11) is 0. The zero-order chi connectivity index (χ0) is 14.4. The van der Waals surface area contributed by atoms with Crippen LogP contribution >= 0.6 is 31.9 Å². The van der Waals surface area contributed by atoms with E-state index in [1.165, 1.54) is 0 Å². The number of aromatic hydroxyl groups is 1. The molecular weight excluding hydrogens is 388 g/mol. The number of rotatable bonds is 5. The topological polar surface area (TPSA) is 46.3 Å². The van der Waals surface area contributed by atoms with Crippen molar-refractivity contribution in [2.45, 2.75) is 6.42 Å². The summed E-state index contributed by atoms with van der Waals surface area (Å²) in [4.78, 5) is 5.99. The standard InChI is InChI=1S/C14H18Br2N2O2/c15-12-8-11(14(19)13(16)9-12)10-17-2-1-3-18-4-6-20-7-5-18/h8-10,19H,1-7H2/p+1. The molecule has 1 aliphatic heterocycles. The Morgan fingerprint density at radius 3 is 2.80 bits per heavy atom. The van der Waals surface area contributed by atoms with Crippen molar-refractivity contribution < 1.29 is 14.7 Å². The van der Waals surface area contributed by atoms with Crippen molar-refractivity contribution in [3.05, 3.63) is 26.6 Å². The van der Waals surface area contributed by atoms with E-state index in [-0.39, 0.29) is 5.75 Å². The first-order valence-corrected chi connectivity index (χ1v) is 8.34. The highest BCUT2D eigenvalue weighted by Crippen LogP contribution is 2.30. The second kappa shape index (κ2) is 8.12. The van der Waals surface area contributed by atoms with Crippen molar-refractivity contribution in [1.29, 1.82) is 0 Å². The summed E-state index contributed by atoms with van der Waals surface area (Å²) in [6, 6.07) is 3.67. The molecule has 1 heterocycles. The first kappa shape index (κ1) is 15.9. The van der Waals surface area contributed by atoms with E-state index in [2.05, 4.69) is 36.9 Å². The number of aliphatic imine (C=N–C) groups is 1. The molecule has 0 saturated carbocycles. The first-order valence-electron chi connectivity index (χ1n) is 6.76. The highest BCUT2D eigenvalue weighted by molar-refractivity contribution is 9.11. The highest BCUT2D eigenvalue weighted by atomic mass is 79.9. The Hall–Kier alpha value is -0.430. The van der Waals surface area contributed by atoms with Crippen LogP contribution in [0.3, 0.4) is 0 Å². The molecule has 0 aromatic heterocycles. The molecular formula is C14H19Br2N2O2+. The zero-order valence-corrected chi connectivity index (χ0v) is 14.4. The van der Waals surface area contributed by atoms with Crippen molar-refractivity contribution >= 4 is 38.1 Å². The molecule has 1 aromatic carbocycles. The number of phenolic OH excluding ortho intramolecular Hbond substituents is 1. The van der Waals surface area contributed by atoms with Gasteiger partial charge in [-0.3, -0.25) is 4.99 Å². The summed E-state index contributed by atoms with van der Waals surface area (Å²) >= 11 is 6.72. The largest absolute Gasteiger partial charge is 0.506 e. The van der Waals surface area contributed by atoms with Crippen LogP contribution in [-0.4, -0.2) is 50.7 Å². The van der Waals surface area contributed by atoms with Gasteiger partial charge in [0.25, 0.3) is 0 Å². The third-order valence-electron chi connectivity index (χ3n) is 3.31. The number of quaternary nitrogens is 1. The smallest absolute Gasteiger partial charge is 0.138 e. The van der Waals surface area contributed by atoms with Crippen LogP contribution < -0.4 is 4.90 Å². The highest BCUT2D eigenvalue weighted by Gasteiger charge is 2.12. The molecule has 0 bridgehead atoms. The van der Waals surface area contributed by atoms with E-state index in [1.54, 1.807) is 11.1 Å². The van der Waals surface area contributed by atoms with E-state index < -0.39 is 0 Å². The average molecular weight is 407 g/mol. The number of morpholine rings is 1. The minimum Gasteiger partial charge on any atom is -0.506 e. The first-order chi connectivity index (χ1) is 9.66. The van der Waals surface area contributed by atoms with Crippen molar-refractivity contribution in [2.24, 2.45) is 4.99 Å². The zero-order valence-electron chi connectivity index (χ0n) is 11.2. The Kier molecular flexibility index (Phi) is 6.48. The fraction of sp³-hybridized carbons (Fsp3) is 0.500. The SMILES string of the molecule is Oc1c(Br)cc(Br)cc1C=NCCC[NH+]1CCOCC1. The van der Waals surface area contributed by atoms with E-state index in [0.717, 1.165) is 55.8 Å². The molecule has 4 nitrogen and oxygen atoms in total. The number of hydrogen-bond donors (Lipinski definition) is 2. The Bertz CT molecular complexity index is 474. The van der Waals surface area contributed by atoms with Crippen LogP contribution in [0.2, 0.25) is 0 Å². The van der Waals surface area contributed by atoms with Gasteiger partial charge < -0.3 is 14.7 Å². The molecule has 20 heavy (non-hydrogen) atoms. The van der Waals surface area contributed by atoms with Gasteiger partial charge in [0.1, 0.15) is 18.8 Å². The van der Waals surface area contributed by atoms with Gasteiger partial charge in [-0.25, -0.2) is 0 Å². The average Bonchev–Trinajstić information content (AvgIpc) is 2.44. The molecule has 2 N–H and O–H groups in total. The van der Waals surface area contributed by atoms with Crippen LogP contribution in [0.15, 0.2) is 26.1 Å². The summed E-state index contributed by atoms with van der Waals surface area (Å²) in [5.74, 6) is 0.232. The van der Waals surface area contributed by atoms with Gasteiger partial charge in [0.15, 0.2) is 0 Å². The molecule has 1 aromatic rings. The maximum Gasteiger partial charge on any atom is 0.138 e. The Balaban J connectivity index is 1.78. The van der Waals surface area contributed by atoms with Gasteiger partial charge in [-0.05, 0) is 28.1 Å². The molecule has 0 amide bonds. The van der Waals surface area contributed by atoms with Crippen molar-refractivity contribution in [3.63, 3.8) is 0 Å². The van der Waals surface area contributed by atoms with E-state index >= 15 is 0 Å². The van der Waals surface area contributed by atoms with E-state index in [4.69, 9.17) is 4.74 Å². The van der Waals surface area contributed by atoms with Crippen LogP contribution in [0.5, 0.6) is 5.75 Å². The quantitative estimate of drug-likeness (QED) is 0.576. The van der Waals surface area contributed by atoms with Gasteiger partial charge in [0.05, 0.1) is 24.2 Å². The number of nitrogens with one attached hydrogen (secondary N) is 1. The minimum atomic E-state index is 0.232. The number of benzene rings is 1. The second-order valence-electron chi connectivity index (χ2n) is 4.83. The molecule has 0 radical (unpaired) electrons. The van der Waals surface area contributed by atoms with Crippen molar-refractivity contribution in [2.75, 3.05) is 39.4 Å². The lowest BCUT2D eigenvalue weighted by molar-refractivity contribution is -0.908. The number of hydrogen-bond acceptors (Lipinski definition) is 3. The van der Waals surface area contributed by atoms with Gasteiger partial charge in [-0.1, -0.05) is 15.9 Å². The van der Waals surface area contributed by atoms with Crippen molar-refractivity contribution in [3.8, 4) is 5.75 Å². The van der Waals surface area contributed by atoms with Crippen LogP contribution in [0.4, 0.5) is 0 Å². The third-order valence-corrected chi connectivity index (χ3v) is 4.37. The number of nitrogens with zero attached hydrogens (tertiary/aromatic N) is 1. The molecule has 110 valence electrons. The molecule has 0 aliphatic carbocycles. The van der Waals surface area contributed by atoms with Gasteiger partial charge in [-0.2, -0.15) is 0 Å². The molecule has 6 heteroatoms. The fourth-order valence-electron chi connectivity index (χ4n) is 2.18. The lowest BCUT2D eigenvalue weighted by atomic mass is 10.2. The second-order valence-corrected chi connectivity index (χ2v) is 6.60. The predicted octanol–water partition coefficient (Wildman–Crippen LogP) is 1.64. The predicted molar refractivity (Wildman–Crippen MR) is 87.0 cm³/mol. The minimum absolute atomic E-state index is 0.232. The summed E-state index contributed by atoms with van der Waals surface area (Å²) in [6.07, 6.45) is 2.79. The molecule has 2 rings (SSSR count). The van der Waals surface area contributed by atoms with Crippen LogP contribution in [0.25, 0.3) is 0 Å². The summed E-state index contributed by atoms with van der Waals surface area (Å²) in [6.45, 7) is 5.87. The Morgan fingerprint density at radius 1 is 1.30 bits per heavy atom. The van der Waals surface area contributed by atoms with Crippen LogP contribution in [0, 0.1) is 0 Å². The summed E-state index contributed by atoms with van der Waals surface area (Å²) < 4.78 is 6.92. The molecule has 1 saturated heterocycles. The van der Waals surface area contributed by atoms with Crippen LogP contribution in [0.1, 0.15) is 12.0 Å². The molecule has 1 aliphatic rings. The third kappa shape index (κ3) is 4.84. The number of halogens is 2. The van der Waals surface area contributed by atoms with Gasteiger partial charge in [0, 0.05) is 29.2 Å². The monoisotopic (exact) mass is 405 g/mol. The fourth-order valence-corrected chi connectivity index (χ4v) is 3.44. The van der Waals surface area contributed by atoms with Gasteiger partial charge in [0.2, 0.25) is 0 Å². The maximum atomic E-state index is 9.91.